The molecule has 0 saturated carbocycles. The molecule has 0 unspecified atom stereocenters. The average Bonchev–Trinajstić information content (AvgIpc) is 3.40. The number of ether oxygens (including phenoxy) is 1. The smallest absolute Gasteiger partial charge is 0.338 e. The zero-order chi connectivity index (χ0) is 20.9. The van der Waals surface area contributed by atoms with Crippen molar-refractivity contribution in [3.63, 3.8) is 0 Å². The maximum absolute atomic E-state index is 12.6. The number of nitrogens with one attached hydrogen (secondary N) is 1. The predicted molar refractivity (Wildman–Crippen MR) is 119 cm³/mol. The number of thioether (sulfide) groups is 1. The maximum atomic E-state index is 12.6. The zero-order valence-corrected chi connectivity index (χ0v) is 18.3. The number of thiazole rings is 1. The highest BCUT2D eigenvalue weighted by Gasteiger charge is 2.16. The van der Waals surface area contributed by atoms with Crippen molar-refractivity contribution in [3.05, 3.63) is 64.7 Å². The number of aryl methyl sites for hydroxylation is 1. The lowest BCUT2D eigenvalue weighted by molar-refractivity contribution is -0.119. The van der Waals surface area contributed by atoms with E-state index in [0.29, 0.717) is 28.0 Å². The van der Waals surface area contributed by atoms with Gasteiger partial charge in [-0.3, -0.25) is 4.79 Å². The zero-order valence-electron chi connectivity index (χ0n) is 15.8. The molecule has 2 aromatic heterocycles. The highest BCUT2D eigenvalue weighted by molar-refractivity contribution is 8.00. The van der Waals surface area contributed by atoms with Gasteiger partial charge in [0.2, 0.25) is 0 Å². The number of amides is 1. The van der Waals surface area contributed by atoms with Crippen LogP contribution < -0.4 is 5.32 Å². The molecule has 4 rings (SSSR count). The van der Waals surface area contributed by atoms with Gasteiger partial charge in [0, 0.05) is 16.8 Å². The Balaban J connectivity index is 1.37. The number of benzene rings is 2. The van der Waals surface area contributed by atoms with Crippen LogP contribution >= 0.6 is 34.8 Å². The molecule has 10 heteroatoms. The summed E-state index contributed by atoms with van der Waals surface area (Å²) < 4.78 is 14.5. The number of carbonyl (C=O) groups is 2. The molecule has 0 radical (unpaired) electrons. The van der Waals surface area contributed by atoms with Gasteiger partial charge in [0.25, 0.3) is 5.91 Å². The molecule has 30 heavy (non-hydrogen) atoms. The summed E-state index contributed by atoms with van der Waals surface area (Å²) >= 11 is 4.21. The Morgan fingerprint density at radius 1 is 1.13 bits per heavy atom. The molecule has 0 aliphatic heterocycles. The molecule has 0 fully saturated rings. The second-order valence-electron chi connectivity index (χ2n) is 6.26. The van der Waals surface area contributed by atoms with Crippen molar-refractivity contribution in [3.8, 4) is 0 Å². The molecule has 1 N–H and O–H groups in total. The fraction of sp³-hybridized carbons (Fsp3) is 0.150. The number of rotatable bonds is 7. The Morgan fingerprint density at radius 3 is 2.83 bits per heavy atom. The van der Waals surface area contributed by atoms with Crippen LogP contribution in [-0.4, -0.2) is 32.2 Å². The van der Waals surface area contributed by atoms with Crippen LogP contribution in [0.4, 0.5) is 5.69 Å². The van der Waals surface area contributed by atoms with E-state index in [2.05, 4.69) is 19.0 Å². The normalized spacial score (nSPS) is 10.8. The number of aromatic nitrogens is 3. The van der Waals surface area contributed by atoms with Crippen molar-refractivity contribution in [2.24, 2.45) is 0 Å². The number of hydrogen-bond acceptors (Lipinski definition) is 9. The van der Waals surface area contributed by atoms with Crippen LogP contribution in [0, 0.1) is 6.92 Å². The van der Waals surface area contributed by atoms with Crippen molar-refractivity contribution >= 4 is 63.4 Å². The van der Waals surface area contributed by atoms with Crippen LogP contribution in [0.1, 0.15) is 21.6 Å². The predicted octanol–water partition coefficient (Wildman–Crippen LogP) is 4.54. The van der Waals surface area contributed by atoms with Crippen molar-refractivity contribution in [2.75, 3.05) is 11.9 Å². The molecule has 152 valence electrons. The lowest BCUT2D eigenvalue weighted by atomic mass is 10.1. The van der Waals surface area contributed by atoms with Crippen LogP contribution in [0.3, 0.4) is 0 Å². The van der Waals surface area contributed by atoms with Crippen LogP contribution in [0.25, 0.3) is 11.0 Å². The third kappa shape index (κ3) is 4.84. The first-order chi connectivity index (χ1) is 14.6. The van der Waals surface area contributed by atoms with Crippen molar-refractivity contribution in [2.45, 2.75) is 17.0 Å². The van der Waals surface area contributed by atoms with Crippen molar-refractivity contribution in [1.29, 1.82) is 0 Å². The average molecular weight is 457 g/mol. The number of anilines is 1. The minimum atomic E-state index is -0.537. The van der Waals surface area contributed by atoms with E-state index in [-0.39, 0.29) is 6.61 Å². The Morgan fingerprint density at radius 2 is 2.00 bits per heavy atom. The lowest BCUT2D eigenvalue weighted by Crippen LogP contribution is -2.21. The summed E-state index contributed by atoms with van der Waals surface area (Å²) in [4.78, 5) is 29.3. The molecule has 2 heterocycles. The van der Waals surface area contributed by atoms with Gasteiger partial charge in [-0.05, 0) is 30.7 Å². The summed E-state index contributed by atoms with van der Waals surface area (Å²) in [6, 6.07) is 12.5. The fourth-order valence-corrected chi connectivity index (χ4v) is 5.09. The standard InChI is InChI=1S/C20H16N4O3S3/c1-12-10-28-20(21-12)29-11-13-5-2-3-6-14(13)19(26)27-9-17(25)22-15-7-4-8-16-18(15)24-30-23-16/h2-8,10H,9,11H2,1H3,(H,22,25). The van der Waals surface area contributed by atoms with Gasteiger partial charge in [0.15, 0.2) is 6.61 Å². The Labute approximate surface area is 184 Å². The maximum Gasteiger partial charge on any atom is 0.338 e. The van der Waals surface area contributed by atoms with Gasteiger partial charge in [-0.2, -0.15) is 8.75 Å². The fourth-order valence-electron chi connectivity index (χ4n) is 2.69. The molecule has 0 saturated heterocycles. The second kappa shape index (κ2) is 9.33. The lowest BCUT2D eigenvalue weighted by Gasteiger charge is -2.09. The highest BCUT2D eigenvalue weighted by Crippen LogP contribution is 2.27. The molecule has 0 aliphatic rings. The monoisotopic (exact) mass is 456 g/mol. The van der Waals surface area contributed by atoms with Crippen LogP contribution in [0.2, 0.25) is 0 Å². The molecule has 0 aliphatic carbocycles. The van der Waals surface area contributed by atoms with Gasteiger partial charge in [-0.1, -0.05) is 36.0 Å². The van der Waals surface area contributed by atoms with Gasteiger partial charge in [0.05, 0.1) is 23.0 Å². The largest absolute Gasteiger partial charge is 0.452 e. The summed E-state index contributed by atoms with van der Waals surface area (Å²) in [6.07, 6.45) is 0. The number of nitrogens with zero attached hydrogens (tertiary/aromatic N) is 3. The Bertz CT molecular complexity index is 1200. The van der Waals surface area contributed by atoms with E-state index < -0.39 is 11.9 Å². The second-order valence-corrected chi connectivity index (χ2v) is 8.87. The molecule has 4 aromatic rings. The third-order valence-electron chi connectivity index (χ3n) is 4.08. The van der Waals surface area contributed by atoms with Gasteiger partial charge in [-0.15, -0.1) is 11.3 Å². The van der Waals surface area contributed by atoms with Crippen LogP contribution in [0.15, 0.2) is 52.2 Å². The molecule has 1 amide bonds. The van der Waals surface area contributed by atoms with Gasteiger partial charge in [-0.25, -0.2) is 9.78 Å². The first-order valence-electron chi connectivity index (χ1n) is 8.91. The van der Waals surface area contributed by atoms with Crippen molar-refractivity contribution < 1.29 is 14.3 Å². The SMILES string of the molecule is Cc1csc(SCc2ccccc2C(=O)OCC(=O)Nc2cccc3nsnc23)n1. The minimum absolute atomic E-state index is 0.389. The Hall–Kier alpha value is -2.82. The highest BCUT2D eigenvalue weighted by atomic mass is 32.2. The summed E-state index contributed by atoms with van der Waals surface area (Å²) in [6.45, 7) is 1.56. The molecular formula is C20H16N4O3S3. The quantitative estimate of drug-likeness (QED) is 0.322. The summed E-state index contributed by atoms with van der Waals surface area (Å²) in [5.41, 5.74) is 4.11. The number of esters is 1. The number of fused-ring (bicyclic) bond motifs is 1. The first-order valence-corrected chi connectivity index (χ1v) is 11.5. The summed E-state index contributed by atoms with van der Waals surface area (Å²) in [7, 11) is 0. The number of hydrogen-bond donors (Lipinski definition) is 1. The molecule has 0 atom stereocenters. The van der Waals surface area contributed by atoms with E-state index >= 15 is 0 Å². The van der Waals surface area contributed by atoms with Crippen molar-refractivity contribution in [1.82, 2.24) is 13.7 Å². The number of carbonyl (C=O) groups excluding carboxylic acids is 2. The van der Waals surface area contributed by atoms with Gasteiger partial charge in [0.1, 0.15) is 15.4 Å². The topological polar surface area (TPSA) is 94.1 Å². The minimum Gasteiger partial charge on any atom is -0.452 e. The van der Waals surface area contributed by atoms with E-state index in [9.17, 15) is 9.59 Å². The molecule has 0 spiro atoms. The van der Waals surface area contributed by atoms with E-state index in [1.807, 2.05) is 30.5 Å². The summed E-state index contributed by atoms with van der Waals surface area (Å²) in [5.74, 6) is -0.386. The molecule has 2 aromatic carbocycles. The van der Waals surface area contributed by atoms with E-state index in [1.54, 1.807) is 47.4 Å². The van der Waals surface area contributed by atoms with Gasteiger partial charge < -0.3 is 10.1 Å². The summed E-state index contributed by atoms with van der Waals surface area (Å²) in [5, 5.41) is 4.71. The van der Waals surface area contributed by atoms with Crippen LogP contribution in [-0.2, 0) is 15.3 Å². The molecule has 7 nitrogen and oxygen atoms in total. The molecule has 0 bridgehead atoms. The van der Waals surface area contributed by atoms with E-state index in [4.69, 9.17) is 4.74 Å². The van der Waals surface area contributed by atoms with Gasteiger partial charge >= 0.3 is 5.97 Å². The Kier molecular flexibility index (Phi) is 6.36. The third-order valence-corrected chi connectivity index (χ3v) is 6.81. The van der Waals surface area contributed by atoms with E-state index in [0.717, 1.165) is 27.3 Å². The molecular weight excluding hydrogens is 440 g/mol. The van der Waals surface area contributed by atoms with E-state index in [1.165, 1.54) is 0 Å². The van der Waals surface area contributed by atoms with Crippen LogP contribution in [0.5, 0.6) is 0 Å². The first kappa shape index (κ1) is 20.5.